The molecule has 5 heteroatoms. The highest BCUT2D eigenvalue weighted by Crippen LogP contribution is 2.44. The van der Waals surface area contributed by atoms with Crippen LogP contribution in [0.25, 0.3) is 11.1 Å². The molecule has 172 valence electrons. The summed E-state index contributed by atoms with van der Waals surface area (Å²) < 4.78 is 5.62. The average molecular weight is 438 g/mol. The van der Waals surface area contributed by atoms with Crippen LogP contribution in [0.2, 0.25) is 0 Å². The van der Waals surface area contributed by atoms with Crippen molar-refractivity contribution in [3.63, 3.8) is 0 Å². The molecule has 0 saturated carbocycles. The minimum atomic E-state index is -0.706. The minimum absolute atomic E-state index is 0.0824. The monoisotopic (exact) mass is 437 g/mol. The van der Waals surface area contributed by atoms with E-state index in [1.165, 1.54) is 22.3 Å². The summed E-state index contributed by atoms with van der Waals surface area (Å²) in [6, 6.07) is 16.8. The third-order valence-corrected chi connectivity index (χ3v) is 6.24. The maximum atomic E-state index is 12.3. The van der Waals surface area contributed by atoms with Crippen molar-refractivity contribution in [1.82, 2.24) is 5.32 Å². The standard InChI is InChI=1S/C27H35NO4/c1-20(13-7-5-3-2-4-6-8-18-26(29)30)28-27(31)32-19-25-23-16-11-9-14-21(23)22-15-10-12-17-24(22)25/h9-12,14-17,20,25H,2-8,13,18-19H2,1H3,(H,28,31)(H,29,30). The van der Waals surface area contributed by atoms with Gasteiger partial charge in [-0.3, -0.25) is 4.79 Å². The second-order valence-corrected chi connectivity index (χ2v) is 8.78. The SMILES string of the molecule is CC(CCCCCCCCCC(=O)O)NC(=O)OCC1c2ccccc2-c2ccccc21. The van der Waals surface area contributed by atoms with E-state index in [1.807, 2.05) is 31.2 Å². The molecule has 0 radical (unpaired) electrons. The zero-order valence-corrected chi connectivity index (χ0v) is 19.0. The van der Waals surface area contributed by atoms with Gasteiger partial charge in [0.1, 0.15) is 6.61 Å². The summed E-state index contributed by atoms with van der Waals surface area (Å²) in [6.45, 7) is 2.36. The van der Waals surface area contributed by atoms with Crippen LogP contribution >= 0.6 is 0 Å². The van der Waals surface area contributed by atoms with Crippen LogP contribution < -0.4 is 5.32 Å². The van der Waals surface area contributed by atoms with E-state index in [9.17, 15) is 9.59 Å². The molecule has 1 atom stereocenters. The van der Waals surface area contributed by atoms with Crippen LogP contribution in [0, 0.1) is 0 Å². The lowest BCUT2D eigenvalue weighted by molar-refractivity contribution is -0.137. The first-order chi connectivity index (χ1) is 15.6. The Bertz CT molecular complexity index is 849. The summed E-state index contributed by atoms with van der Waals surface area (Å²) in [4.78, 5) is 22.8. The maximum absolute atomic E-state index is 12.3. The van der Waals surface area contributed by atoms with Gasteiger partial charge in [-0.05, 0) is 42.0 Å². The Labute approximate surface area is 191 Å². The highest BCUT2D eigenvalue weighted by molar-refractivity contribution is 5.79. The smallest absolute Gasteiger partial charge is 0.407 e. The Kier molecular flexibility index (Phi) is 9.14. The maximum Gasteiger partial charge on any atom is 0.407 e. The normalized spacial score (nSPS) is 13.3. The van der Waals surface area contributed by atoms with E-state index in [4.69, 9.17) is 9.84 Å². The Morgan fingerprint density at radius 2 is 1.41 bits per heavy atom. The predicted octanol–water partition coefficient (Wildman–Crippen LogP) is 6.51. The molecule has 2 N–H and O–H groups in total. The number of aliphatic carboxylic acids is 1. The van der Waals surface area contributed by atoms with Crippen LogP contribution in [-0.2, 0) is 9.53 Å². The van der Waals surface area contributed by atoms with Crippen molar-refractivity contribution >= 4 is 12.1 Å². The van der Waals surface area contributed by atoms with Gasteiger partial charge in [0.2, 0.25) is 0 Å². The number of nitrogens with one attached hydrogen (secondary N) is 1. The van der Waals surface area contributed by atoms with Gasteiger partial charge < -0.3 is 15.2 Å². The van der Waals surface area contributed by atoms with Gasteiger partial charge >= 0.3 is 12.1 Å². The first kappa shape index (κ1) is 23.8. The molecule has 2 aromatic carbocycles. The average Bonchev–Trinajstić information content (AvgIpc) is 3.10. The number of carboxylic acids is 1. The van der Waals surface area contributed by atoms with Crippen LogP contribution in [0.15, 0.2) is 48.5 Å². The van der Waals surface area contributed by atoms with Crippen molar-refractivity contribution < 1.29 is 19.4 Å². The Morgan fingerprint density at radius 1 is 0.875 bits per heavy atom. The lowest BCUT2D eigenvalue weighted by atomic mass is 9.98. The van der Waals surface area contributed by atoms with Crippen molar-refractivity contribution in [1.29, 1.82) is 0 Å². The molecule has 0 spiro atoms. The van der Waals surface area contributed by atoms with E-state index in [1.54, 1.807) is 0 Å². The van der Waals surface area contributed by atoms with Crippen LogP contribution in [0.3, 0.4) is 0 Å². The molecule has 0 bridgehead atoms. The summed E-state index contributed by atoms with van der Waals surface area (Å²) in [5.41, 5.74) is 4.90. The van der Waals surface area contributed by atoms with Crippen molar-refractivity contribution in [3.05, 3.63) is 59.7 Å². The number of hydrogen-bond acceptors (Lipinski definition) is 3. The van der Waals surface area contributed by atoms with Gasteiger partial charge in [0.25, 0.3) is 0 Å². The molecular formula is C27H35NO4. The fourth-order valence-corrected chi connectivity index (χ4v) is 4.52. The van der Waals surface area contributed by atoms with Crippen LogP contribution in [0.5, 0.6) is 0 Å². The predicted molar refractivity (Wildman–Crippen MR) is 127 cm³/mol. The number of carbonyl (C=O) groups excluding carboxylic acids is 1. The third kappa shape index (κ3) is 6.84. The molecule has 2 aromatic rings. The largest absolute Gasteiger partial charge is 0.481 e. The summed E-state index contributed by atoms with van der Waals surface area (Å²) in [6.07, 6.45) is 8.23. The number of carboxylic acid groups (broad SMARTS) is 1. The fourth-order valence-electron chi connectivity index (χ4n) is 4.52. The molecule has 32 heavy (non-hydrogen) atoms. The van der Waals surface area contributed by atoms with E-state index in [0.717, 1.165) is 51.4 Å². The fraction of sp³-hybridized carbons (Fsp3) is 0.481. The van der Waals surface area contributed by atoms with Gasteiger partial charge in [-0.15, -0.1) is 0 Å². The number of carbonyl (C=O) groups is 2. The van der Waals surface area contributed by atoms with Crippen LogP contribution in [0.1, 0.15) is 81.8 Å². The third-order valence-electron chi connectivity index (χ3n) is 6.24. The number of ether oxygens (including phenoxy) is 1. The number of amides is 1. The van der Waals surface area contributed by atoms with Gasteiger partial charge in [0.15, 0.2) is 0 Å². The summed E-state index contributed by atoms with van der Waals surface area (Å²) in [7, 11) is 0. The molecule has 0 aromatic heterocycles. The number of hydrogen-bond donors (Lipinski definition) is 2. The second-order valence-electron chi connectivity index (χ2n) is 8.78. The molecule has 0 saturated heterocycles. The highest BCUT2D eigenvalue weighted by atomic mass is 16.5. The van der Waals surface area contributed by atoms with Gasteiger partial charge in [0.05, 0.1) is 0 Å². The van der Waals surface area contributed by atoms with E-state index in [-0.39, 0.29) is 24.5 Å². The lowest BCUT2D eigenvalue weighted by Crippen LogP contribution is -2.33. The van der Waals surface area contributed by atoms with Crippen LogP contribution in [-0.4, -0.2) is 29.8 Å². The van der Waals surface area contributed by atoms with Crippen molar-refractivity contribution in [2.24, 2.45) is 0 Å². The van der Waals surface area contributed by atoms with E-state index in [0.29, 0.717) is 6.61 Å². The quantitative estimate of drug-likeness (QED) is 0.350. The number of unbranched alkanes of at least 4 members (excludes halogenated alkanes) is 6. The van der Waals surface area contributed by atoms with Crippen LogP contribution in [0.4, 0.5) is 4.79 Å². The molecule has 1 unspecified atom stereocenters. The molecule has 0 aliphatic heterocycles. The van der Waals surface area contributed by atoms with E-state index >= 15 is 0 Å². The zero-order chi connectivity index (χ0) is 22.8. The number of rotatable bonds is 13. The summed E-state index contributed by atoms with van der Waals surface area (Å²) in [5.74, 6) is -0.623. The number of fused-ring (bicyclic) bond motifs is 3. The van der Waals surface area contributed by atoms with E-state index in [2.05, 4.69) is 29.6 Å². The van der Waals surface area contributed by atoms with E-state index < -0.39 is 5.97 Å². The molecule has 1 aliphatic rings. The minimum Gasteiger partial charge on any atom is -0.481 e. The van der Waals surface area contributed by atoms with Gasteiger partial charge in [-0.25, -0.2) is 4.79 Å². The van der Waals surface area contributed by atoms with Gasteiger partial charge in [0, 0.05) is 18.4 Å². The number of alkyl carbamates (subject to hydrolysis) is 1. The molecule has 0 heterocycles. The van der Waals surface area contributed by atoms with Gasteiger partial charge in [-0.1, -0.05) is 87.1 Å². The Hall–Kier alpha value is -2.82. The highest BCUT2D eigenvalue weighted by Gasteiger charge is 2.29. The number of benzene rings is 2. The zero-order valence-electron chi connectivity index (χ0n) is 19.0. The Morgan fingerprint density at radius 3 is 2.00 bits per heavy atom. The molecule has 1 amide bonds. The Balaban J connectivity index is 1.32. The molecule has 3 rings (SSSR count). The second kappa shape index (κ2) is 12.3. The first-order valence-corrected chi connectivity index (χ1v) is 11.9. The molecule has 5 nitrogen and oxygen atoms in total. The molecule has 0 fully saturated rings. The first-order valence-electron chi connectivity index (χ1n) is 11.9. The lowest BCUT2D eigenvalue weighted by Gasteiger charge is -2.17. The van der Waals surface area contributed by atoms with Crippen molar-refractivity contribution in [3.8, 4) is 11.1 Å². The summed E-state index contributed by atoms with van der Waals surface area (Å²) in [5, 5.41) is 11.6. The molecule has 1 aliphatic carbocycles. The van der Waals surface area contributed by atoms with Crippen molar-refractivity contribution in [2.75, 3.05) is 6.61 Å². The summed E-state index contributed by atoms with van der Waals surface area (Å²) >= 11 is 0. The molecular weight excluding hydrogens is 402 g/mol. The topological polar surface area (TPSA) is 75.6 Å². The van der Waals surface area contributed by atoms with Gasteiger partial charge in [-0.2, -0.15) is 0 Å². The van der Waals surface area contributed by atoms with Crippen molar-refractivity contribution in [2.45, 2.75) is 76.7 Å².